The summed E-state index contributed by atoms with van der Waals surface area (Å²) in [7, 11) is 2.76. The van der Waals surface area contributed by atoms with E-state index >= 15 is 0 Å². The Hall–Kier alpha value is -1.62. The van der Waals surface area contributed by atoms with E-state index in [1.54, 1.807) is 7.11 Å². The molecule has 0 N–H and O–H groups in total. The lowest BCUT2D eigenvalue weighted by Gasteiger charge is -2.28. The molecule has 0 atom stereocenters. The van der Waals surface area contributed by atoms with Crippen molar-refractivity contribution in [2.24, 2.45) is 0 Å². The molecule has 0 spiro atoms. The lowest BCUT2D eigenvalue weighted by Crippen LogP contribution is -2.31. The molecular weight excluding hydrogens is 398 g/mol. The number of alkyl halides is 3. The van der Waals surface area contributed by atoms with Gasteiger partial charge in [-0.2, -0.15) is 13.2 Å². The molecule has 1 aliphatic rings. The van der Waals surface area contributed by atoms with Gasteiger partial charge in [0.15, 0.2) is 0 Å². The van der Waals surface area contributed by atoms with Crippen LogP contribution >= 0.6 is 8.58 Å². The molecular formula is C22H31F3NO2P. The molecule has 29 heavy (non-hydrogen) atoms. The lowest BCUT2D eigenvalue weighted by molar-refractivity contribution is -0.137. The summed E-state index contributed by atoms with van der Waals surface area (Å²) < 4.78 is 48.5. The zero-order chi connectivity index (χ0) is 21.9. The summed E-state index contributed by atoms with van der Waals surface area (Å²) in [6, 6.07) is 10.5. The first kappa shape index (κ1) is 25.4. The molecule has 7 heteroatoms. The van der Waals surface area contributed by atoms with Gasteiger partial charge in [0.25, 0.3) is 0 Å². The van der Waals surface area contributed by atoms with Crippen molar-refractivity contribution in [1.82, 2.24) is 4.90 Å². The molecule has 0 saturated heterocycles. The molecule has 0 radical (unpaired) electrons. The van der Waals surface area contributed by atoms with Crippen molar-refractivity contribution in [2.75, 3.05) is 33.7 Å². The first-order valence-corrected chi connectivity index (χ1v) is 11.6. The van der Waals surface area contributed by atoms with E-state index in [0.29, 0.717) is 18.2 Å². The fraction of sp³-hybridized carbons (Fsp3) is 0.455. The average Bonchev–Trinajstić information content (AvgIpc) is 2.70. The minimum absolute atomic E-state index is 0.389. The molecule has 0 aromatic heterocycles. The Morgan fingerprint density at radius 1 is 0.966 bits per heavy atom. The number of hydrogen-bond acceptors (Lipinski definition) is 3. The third kappa shape index (κ3) is 8.33. The van der Waals surface area contributed by atoms with E-state index in [2.05, 4.69) is 18.2 Å². The highest BCUT2D eigenvalue weighted by Gasteiger charge is 2.30. The first-order valence-electron chi connectivity index (χ1n) is 9.64. The molecule has 0 unspecified atom stereocenters. The second-order valence-corrected chi connectivity index (χ2v) is 7.28. The molecule has 0 bridgehead atoms. The van der Waals surface area contributed by atoms with Gasteiger partial charge in [0, 0.05) is 20.2 Å². The van der Waals surface area contributed by atoms with E-state index in [9.17, 15) is 13.2 Å². The quantitative estimate of drug-likeness (QED) is 0.524. The van der Waals surface area contributed by atoms with Crippen molar-refractivity contribution in [3.63, 3.8) is 0 Å². The van der Waals surface area contributed by atoms with Gasteiger partial charge in [-0.05, 0) is 67.3 Å². The van der Waals surface area contributed by atoms with Gasteiger partial charge >= 0.3 is 6.18 Å². The van der Waals surface area contributed by atoms with Gasteiger partial charge in [0.05, 0.1) is 12.3 Å². The number of nitrogens with zero attached hydrogens (tertiary/aromatic N) is 1. The van der Waals surface area contributed by atoms with E-state index < -0.39 is 11.7 Å². The van der Waals surface area contributed by atoms with Crippen molar-refractivity contribution in [1.29, 1.82) is 0 Å². The molecule has 2 aromatic rings. The van der Waals surface area contributed by atoms with E-state index in [1.807, 2.05) is 32.0 Å². The van der Waals surface area contributed by atoms with Gasteiger partial charge in [-0.1, -0.05) is 19.9 Å². The minimum atomic E-state index is -4.33. The number of hydrogen-bond donors (Lipinski definition) is 0. The van der Waals surface area contributed by atoms with Crippen LogP contribution in [0.1, 0.15) is 30.5 Å². The normalized spacial score (nSPS) is 13.4. The second-order valence-electron chi connectivity index (χ2n) is 6.28. The molecule has 0 amide bonds. The summed E-state index contributed by atoms with van der Waals surface area (Å²) in [6.45, 7) is 10.6. The summed E-state index contributed by atoms with van der Waals surface area (Å²) in [5.41, 5.74) is 1.74. The lowest BCUT2D eigenvalue weighted by atomic mass is 10.00. The Kier molecular flexibility index (Phi) is 11.3. The SMILES string of the molecule is CC.COCN1CCc2cc(Oc3ccc(C(F)(F)F)cc3)ccc2C1.CPC. The zero-order valence-electron chi connectivity index (χ0n) is 17.8. The summed E-state index contributed by atoms with van der Waals surface area (Å²) in [6.07, 6.45) is -3.44. The van der Waals surface area contributed by atoms with Crippen molar-refractivity contribution in [3.8, 4) is 11.5 Å². The number of benzene rings is 2. The highest BCUT2D eigenvalue weighted by Crippen LogP contribution is 2.32. The Morgan fingerprint density at radius 3 is 2.10 bits per heavy atom. The van der Waals surface area contributed by atoms with E-state index in [-0.39, 0.29) is 0 Å². The summed E-state index contributed by atoms with van der Waals surface area (Å²) >= 11 is 0. The highest BCUT2D eigenvalue weighted by molar-refractivity contribution is 7.35. The van der Waals surface area contributed by atoms with Gasteiger partial charge in [-0.15, -0.1) is 8.58 Å². The summed E-state index contributed by atoms with van der Waals surface area (Å²) in [4.78, 5) is 2.21. The van der Waals surface area contributed by atoms with Crippen LogP contribution < -0.4 is 4.74 Å². The molecule has 2 aromatic carbocycles. The van der Waals surface area contributed by atoms with Gasteiger partial charge in [-0.3, -0.25) is 4.90 Å². The third-order valence-corrected chi connectivity index (χ3v) is 4.00. The van der Waals surface area contributed by atoms with Crippen LogP contribution in [0.2, 0.25) is 0 Å². The fourth-order valence-electron chi connectivity index (χ4n) is 2.79. The third-order valence-electron chi connectivity index (χ3n) is 4.00. The number of rotatable bonds is 4. The fourth-order valence-corrected chi connectivity index (χ4v) is 2.79. The number of ether oxygens (including phenoxy) is 2. The maximum Gasteiger partial charge on any atom is 0.416 e. The van der Waals surface area contributed by atoms with E-state index in [4.69, 9.17) is 9.47 Å². The predicted molar refractivity (Wildman–Crippen MR) is 115 cm³/mol. The maximum atomic E-state index is 12.6. The zero-order valence-corrected chi connectivity index (χ0v) is 18.8. The Balaban J connectivity index is 0.000000771. The van der Waals surface area contributed by atoms with Gasteiger partial charge in [0.2, 0.25) is 0 Å². The molecule has 1 aliphatic heterocycles. The van der Waals surface area contributed by atoms with Crippen molar-refractivity contribution in [3.05, 3.63) is 59.2 Å². The van der Waals surface area contributed by atoms with Crippen molar-refractivity contribution < 1.29 is 22.6 Å². The van der Waals surface area contributed by atoms with Crippen LogP contribution in [0.15, 0.2) is 42.5 Å². The molecule has 0 saturated carbocycles. The first-order chi connectivity index (χ1) is 13.9. The Morgan fingerprint density at radius 2 is 1.55 bits per heavy atom. The van der Waals surface area contributed by atoms with Crippen LogP contribution in [0, 0.1) is 0 Å². The van der Waals surface area contributed by atoms with Crippen LogP contribution in [-0.4, -0.2) is 38.6 Å². The van der Waals surface area contributed by atoms with Gasteiger partial charge < -0.3 is 9.47 Å². The molecule has 0 fully saturated rings. The highest BCUT2D eigenvalue weighted by atomic mass is 31.1. The maximum absolute atomic E-state index is 12.6. The standard InChI is InChI=1S/C18H18F3NO2.C2H7P.C2H6/c1-23-12-22-9-8-13-10-17(5-2-14(13)11-22)24-16-6-3-15(4-7-16)18(19,20)21;1-3-2;1-2/h2-7,10H,8-9,11-12H2,1H3;3H,1-2H3;1-2H3. The minimum Gasteiger partial charge on any atom is -0.457 e. The monoisotopic (exact) mass is 429 g/mol. The number of fused-ring (bicyclic) bond motifs is 1. The molecule has 3 rings (SSSR count). The molecule has 3 nitrogen and oxygen atoms in total. The van der Waals surface area contributed by atoms with Crippen molar-refractivity contribution in [2.45, 2.75) is 33.0 Å². The number of halogens is 3. The van der Waals surface area contributed by atoms with Crippen LogP contribution in [0.3, 0.4) is 0 Å². The van der Waals surface area contributed by atoms with Crippen molar-refractivity contribution >= 4 is 8.58 Å². The summed E-state index contributed by atoms with van der Waals surface area (Å²) in [5, 5.41) is 0. The molecule has 0 aliphatic carbocycles. The predicted octanol–water partition coefficient (Wildman–Crippen LogP) is 6.41. The van der Waals surface area contributed by atoms with E-state index in [1.165, 1.54) is 23.3 Å². The summed E-state index contributed by atoms with van der Waals surface area (Å²) in [5.74, 6) is 1.02. The Bertz CT molecular complexity index is 721. The van der Waals surface area contributed by atoms with Gasteiger partial charge in [0.1, 0.15) is 11.5 Å². The molecule has 1 heterocycles. The topological polar surface area (TPSA) is 21.7 Å². The van der Waals surface area contributed by atoms with E-state index in [0.717, 1.165) is 40.2 Å². The van der Waals surface area contributed by atoms with Gasteiger partial charge in [-0.25, -0.2) is 0 Å². The van der Waals surface area contributed by atoms with Crippen LogP contribution in [0.25, 0.3) is 0 Å². The number of methoxy groups -OCH3 is 1. The molecule has 162 valence electrons. The van der Waals surface area contributed by atoms with Crippen LogP contribution in [0.4, 0.5) is 13.2 Å². The second kappa shape index (κ2) is 12.8. The smallest absolute Gasteiger partial charge is 0.416 e. The van der Waals surface area contributed by atoms with Crippen LogP contribution in [0.5, 0.6) is 11.5 Å². The largest absolute Gasteiger partial charge is 0.457 e. The average molecular weight is 429 g/mol. The van der Waals surface area contributed by atoms with Crippen LogP contribution in [-0.2, 0) is 23.9 Å². The Labute approximate surface area is 174 Å².